The summed E-state index contributed by atoms with van der Waals surface area (Å²) in [6.07, 6.45) is 1.54. The van der Waals surface area contributed by atoms with Gasteiger partial charge in [0, 0.05) is 28.7 Å². The summed E-state index contributed by atoms with van der Waals surface area (Å²) in [4.78, 5) is 24.0. The first-order chi connectivity index (χ1) is 12.5. The Hall–Kier alpha value is -3.94. The van der Waals surface area contributed by atoms with Crippen molar-refractivity contribution in [2.45, 2.75) is 0 Å². The van der Waals surface area contributed by atoms with E-state index >= 15 is 0 Å². The molecule has 26 heavy (non-hydrogen) atoms. The predicted molar refractivity (Wildman–Crippen MR) is 102 cm³/mol. The minimum Gasteiger partial charge on any atom is -0.398 e. The maximum absolute atomic E-state index is 12.2. The number of nitrogens with two attached hydrogens (primary N) is 3. The van der Waals surface area contributed by atoms with Crippen LogP contribution in [0.4, 0.5) is 23.1 Å². The summed E-state index contributed by atoms with van der Waals surface area (Å²) >= 11 is 0. The summed E-state index contributed by atoms with van der Waals surface area (Å²) in [6.45, 7) is 0. The van der Waals surface area contributed by atoms with E-state index < -0.39 is 5.91 Å². The van der Waals surface area contributed by atoms with Crippen LogP contribution in [-0.4, -0.2) is 21.7 Å². The molecule has 3 rings (SSSR count). The van der Waals surface area contributed by atoms with E-state index in [9.17, 15) is 4.79 Å². The highest BCUT2D eigenvalue weighted by Gasteiger charge is 2.10. The topological polar surface area (TPSA) is 145 Å². The van der Waals surface area contributed by atoms with Crippen molar-refractivity contribution >= 4 is 34.9 Å². The van der Waals surface area contributed by atoms with Gasteiger partial charge in [-0.05, 0) is 36.4 Å². The molecule has 0 aliphatic rings. The van der Waals surface area contributed by atoms with E-state index in [1.54, 1.807) is 48.5 Å². The largest absolute Gasteiger partial charge is 0.398 e. The number of nitrogens with one attached hydrogen (secondary N) is 1. The van der Waals surface area contributed by atoms with Crippen molar-refractivity contribution in [2.75, 3.05) is 16.8 Å². The number of carbonyl (C=O) groups excluding carboxylic acids is 1. The third-order valence-corrected chi connectivity index (χ3v) is 3.52. The van der Waals surface area contributed by atoms with Crippen molar-refractivity contribution in [1.82, 2.24) is 9.97 Å². The molecule has 0 atom stereocenters. The third kappa shape index (κ3) is 3.93. The first-order valence-corrected chi connectivity index (χ1v) is 7.72. The molecule has 8 nitrogen and oxygen atoms in total. The van der Waals surface area contributed by atoms with Crippen LogP contribution in [0.15, 0.2) is 65.8 Å². The van der Waals surface area contributed by atoms with Crippen LogP contribution in [0.3, 0.4) is 0 Å². The number of hydrogen-bond donors (Lipinski definition) is 4. The zero-order chi connectivity index (χ0) is 18.5. The molecule has 2 aromatic carbocycles. The lowest BCUT2D eigenvalue weighted by Crippen LogP contribution is -2.18. The Bertz CT molecular complexity index is 970. The second kappa shape index (κ2) is 7.31. The number of aliphatic imine (C=N–C) groups is 1. The molecule has 0 saturated carbocycles. The molecular formula is C18H17N7O. The van der Waals surface area contributed by atoms with E-state index in [0.717, 1.165) is 0 Å². The minimum absolute atomic E-state index is 0.0298. The van der Waals surface area contributed by atoms with E-state index in [-0.39, 0.29) is 11.8 Å². The number of amides is 1. The number of rotatable bonds is 4. The Balaban J connectivity index is 1.87. The number of hydrogen-bond acceptors (Lipinski definition) is 6. The van der Waals surface area contributed by atoms with E-state index in [0.29, 0.717) is 28.3 Å². The molecule has 0 aliphatic heterocycles. The number of benzene rings is 2. The SMILES string of the molecule is NC(=NC(=O)c1ccccc1)c1cc(Nc2ccnc(N)n2)ccc1N. The van der Waals surface area contributed by atoms with Gasteiger partial charge in [-0.15, -0.1) is 0 Å². The van der Waals surface area contributed by atoms with Crippen molar-refractivity contribution in [3.63, 3.8) is 0 Å². The van der Waals surface area contributed by atoms with Gasteiger partial charge in [0.15, 0.2) is 0 Å². The van der Waals surface area contributed by atoms with Gasteiger partial charge >= 0.3 is 0 Å². The van der Waals surface area contributed by atoms with Crippen LogP contribution in [-0.2, 0) is 0 Å². The molecule has 3 aromatic rings. The Morgan fingerprint density at radius 3 is 2.54 bits per heavy atom. The normalized spacial score (nSPS) is 11.2. The standard InChI is InChI=1S/C18H17N7O/c19-14-7-6-12(23-15-8-9-22-18(21)24-15)10-13(14)16(20)25-17(26)11-4-2-1-3-5-11/h1-10H,19H2,(H2,20,25,26)(H3,21,22,23,24). The summed E-state index contributed by atoms with van der Waals surface area (Å²) in [7, 11) is 0. The van der Waals surface area contributed by atoms with Gasteiger partial charge in [0.1, 0.15) is 11.7 Å². The van der Waals surface area contributed by atoms with Crippen LogP contribution < -0.4 is 22.5 Å². The van der Waals surface area contributed by atoms with Gasteiger partial charge in [-0.3, -0.25) is 4.79 Å². The molecule has 0 unspecified atom stereocenters. The predicted octanol–water partition coefficient (Wildman–Crippen LogP) is 1.93. The zero-order valence-electron chi connectivity index (χ0n) is 13.8. The average Bonchev–Trinajstić information content (AvgIpc) is 2.64. The van der Waals surface area contributed by atoms with Crippen LogP contribution in [0, 0.1) is 0 Å². The monoisotopic (exact) mass is 347 g/mol. The quantitative estimate of drug-likeness (QED) is 0.320. The molecule has 1 heterocycles. The highest BCUT2D eigenvalue weighted by molar-refractivity contribution is 6.11. The summed E-state index contributed by atoms with van der Waals surface area (Å²) in [5, 5.41) is 3.07. The maximum atomic E-state index is 12.2. The number of nitrogens with zero attached hydrogens (tertiary/aromatic N) is 3. The molecule has 1 aromatic heterocycles. The number of nitrogen functional groups attached to an aromatic ring is 2. The van der Waals surface area contributed by atoms with Crippen molar-refractivity contribution in [2.24, 2.45) is 10.7 Å². The molecule has 8 heteroatoms. The number of amidine groups is 1. The molecular weight excluding hydrogens is 330 g/mol. The number of carbonyl (C=O) groups is 1. The lowest BCUT2D eigenvalue weighted by molar-refractivity contribution is 0.100. The van der Waals surface area contributed by atoms with Crippen LogP contribution in [0.1, 0.15) is 15.9 Å². The van der Waals surface area contributed by atoms with E-state index in [1.807, 2.05) is 6.07 Å². The highest BCUT2D eigenvalue weighted by atomic mass is 16.1. The summed E-state index contributed by atoms with van der Waals surface area (Å²) in [5.41, 5.74) is 19.5. The van der Waals surface area contributed by atoms with Crippen molar-refractivity contribution in [3.8, 4) is 0 Å². The number of anilines is 4. The fourth-order valence-corrected chi connectivity index (χ4v) is 2.26. The first-order valence-electron chi connectivity index (χ1n) is 7.72. The second-order valence-electron chi connectivity index (χ2n) is 5.40. The van der Waals surface area contributed by atoms with E-state index in [2.05, 4.69) is 20.3 Å². The Morgan fingerprint density at radius 2 is 1.81 bits per heavy atom. The van der Waals surface area contributed by atoms with E-state index in [4.69, 9.17) is 17.2 Å². The molecule has 0 radical (unpaired) electrons. The van der Waals surface area contributed by atoms with Gasteiger partial charge in [-0.1, -0.05) is 18.2 Å². The third-order valence-electron chi connectivity index (χ3n) is 3.52. The van der Waals surface area contributed by atoms with Gasteiger partial charge < -0.3 is 22.5 Å². The molecule has 0 spiro atoms. The minimum atomic E-state index is -0.440. The highest BCUT2D eigenvalue weighted by Crippen LogP contribution is 2.21. The van der Waals surface area contributed by atoms with Crippen molar-refractivity contribution in [3.05, 3.63) is 71.9 Å². The molecule has 0 fully saturated rings. The Morgan fingerprint density at radius 1 is 1.04 bits per heavy atom. The summed E-state index contributed by atoms with van der Waals surface area (Å²) in [5.74, 6) is 0.260. The van der Waals surface area contributed by atoms with Gasteiger partial charge in [0.05, 0.1) is 0 Å². The fourth-order valence-electron chi connectivity index (χ4n) is 2.26. The van der Waals surface area contributed by atoms with Gasteiger partial charge in [0.25, 0.3) is 5.91 Å². The van der Waals surface area contributed by atoms with Crippen molar-refractivity contribution in [1.29, 1.82) is 0 Å². The lowest BCUT2D eigenvalue weighted by Gasteiger charge is -2.10. The molecule has 0 aliphatic carbocycles. The Labute approximate surface area is 149 Å². The summed E-state index contributed by atoms with van der Waals surface area (Å²) in [6, 6.07) is 15.4. The van der Waals surface area contributed by atoms with Crippen LogP contribution in [0.5, 0.6) is 0 Å². The van der Waals surface area contributed by atoms with Gasteiger partial charge in [0.2, 0.25) is 5.95 Å². The lowest BCUT2D eigenvalue weighted by atomic mass is 10.1. The summed E-state index contributed by atoms with van der Waals surface area (Å²) < 4.78 is 0. The second-order valence-corrected chi connectivity index (χ2v) is 5.40. The Kier molecular flexibility index (Phi) is 4.75. The van der Waals surface area contributed by atoms with Crippen LogP contribution >= 0.6 is 0 Å². The first kappa shape index (κ1) is 16.9. The fraction of sp³-hybridized carbons (Fsp3) is 0. The van der Waals surface area contributed by atoms with E-state index in [1.165, 1.54) is 6.20 Å². The van der Waals surface area contributed by atoms with Crippen molar-refractivity contribution < 1.29 is 4.79 Å². The van der Waals surface area contributed by atoms with Gasteiger partial charge in [-0.2, -0.15) is 9.98 Å². The molecule has 7 N–H and O–H groups in total. The molecule has 1 amide bonds. The van der Waals surface area contributed by atoms with Gasteiger partial charge in [-0.25, -0.2) is 4.98 Å². The number of aromatic nitrogens is 2. The molecule has 0 bridgehead atoms. The molecule has 0 saturated heterocycles. The van der Waals surface area contributed by atoms with Crippen LogP contribution in [0.25, 0.3) is 0 Å². The maximum Gasteiger partial charge on any atom is 0.278 e. The molecule has 130 valence electrons. The van der Waals surface area contributed by atoms with Crippen LogP contribution in [0.2, 0.25) is 0 Å². The smallest absolute Gasteiger partial charge is 0.278 e. The zero-order valence-corrected chi connectivity index (χ0v) is 13.8. The average molecular weight is 347 g/mol.